The van der Waals surface area contributed by atoms with Crippen LogP contribution in [0.3, 0.4) is 0 Å². The lowest BCUT2D eigenvalue weighted by Gasteiger charge is -2.30. The third-order valence-corrected chi connectivity index (χ3v) is 4.72. The Kier molecular flexibility index (Phi) is 4.91. The fourth-order valence-corrected chi connectivity index (χ4v) is 3.25. The smallest absolute Gasteiger partial charge is 0.414 e. The number of amides is 1. The van der Waals surface area contributed by atoms with E-state index in [4.69, 9.17) is 14.3 Å². The van der Waals surface area contributed by atoms with Gasteiger partial charge in [0.25, 0.3) is 0 Å². The highest BCUT2D eigenvalue weighted by Crippen LogP contribution is 2.28. The maximum absolute atomic E-state index is 14.7. The maximum atomic E-state index is 14.7. The molecule has 2 aromatic rings. The largest absolute Gasteiger partial charge is 0.464 e. The summed E-state index contributed by atoms with van der Waals surface area (Å²) in [6, 6.07) is 8.39. The number of hydrazone groups is 1. The van der Waals surface area contributed by atoms with Crippen molar-refractivity contribution in [1.29, 1.82) is 0 Å². The molecule has 148 valence electrons. The number of aliphatic hydroxyl groups excluding tert-OH is 1. The van der Waals surface area contributed by atoms with Crippen LogP contribution in [0.25, 0.3) is 0 Å². The van der Waals surface area contributed by atoms with Crippen molar-refractivity contribution in [2.24, 2.45) is 5.10 Å². The molecule has 1 saturated heterocycles. The number of benzene rings is 1. The number of cyclic esters (lactones) is 1. The molecule has 1 amide bonds. The van der Waals surface area contributed by atoms with Crippen LogP contribution in [0.1, 0.15) is 11.5 Å². The maximum Gasteiger partial charge on any atom is 0.414 e. The van der Waals surface area contributed by atoms with Crippen LogP contribution in [0, 0.1) is 12.7 Å². The van der Waals surface area contributed by atoms with E-state index in [2.05, 4.69) is 5.10 Å². The summed E-state index contributed by atoms with van der Waals surface area (Å²) in [6.07, 6.45) is 0.409. The third-order valence-electron chi connectivity index (χ3n) is 4.72. The van der Waals surface area contributed by atoms with E-state index in [1.54, 1.807) is 23.4 Å². The Labute approximate surface area is 161 Å². The quantitative estimate of drug-likeness (QED) is 0.847. The predicted molar refractivity (Wildman–Crippen MR) is 101 cm³/mol. The van der Waals surface area contributed by atoms with Crippen molar-refractivity contribution in [3.63, 3.8) is 0 Å². The zero-order chi connectivity index (χ0) is 19.7. The van der Waals surface area contributed by atoms with Gasteiger partial charge in [0.2, 0.25) is 0 Å². The molecule has 1 fully saturated rings. The molecule has 0 unspecified atom stereocenters. The van der Waals surface area contributed by atoms with Gasteiger partial charge in [-0.25, -0.2) is 9.18 Å². The summed E-state index contributed by atoms with van der Waals surface area (Å²) in [7, 11) is 0. The van der Waals surface area contributed by atoms with Crippen molar-refractivity contribution in [3.8, 4) is 0 Å². The number of hydrogen-bond acceptors (Lipinski definition) is 7. The Balaban J connectivity index is 1.44. The monoisotopic (exact) mass is 388 g/mol. The highest BCUT2D eigenvalue weighted by atomic mass is 19.1. The predicted octanol–water partition coefficient (Wildman–Crippen LogP) is 2.31. The summed E-state index contributed by atoms with van der Waals surface area (Å²) in [5.41, 5.74) is 0.776. The van der Waals surface area contributed by atoms with Crippen molar-refractivity contribution < 1.29 is 23.4 Å². The summed E-state index contributed by atoms with van der Waals surface area (Å²) >= 11 is 0. The molecule has 4 rings (SSSR count). The Morgan fingerprint density at radius 3 is 2.75 bits per heavy atom. The van der Waals surface area contributed by atoms with Crippen molar-refractivity contribution >= 4 is 23.8 Å². The molecule has 1 atom stereocenters. The minimum absolute atomic E-state index is 0.195. The molecule has 2 aliphatic rings. The fourth-order valence-electron chi connectivity index (χ4n) is 3.25. The van der Waals surface area contributed by atoms with Gasteiger partial charge in [-0.05, 0) is 37.3 Å². The summed E-state index contributed by atoms with van der Waals surface area (Å²) < 4.78 is 25.2. The van der Waals surface area contributed by atoms with Gasteiger partial charge < -0.3 is 19.2 Å². The Morgan fingerprint density at radius 1 is 1.29 bits per heavy atom. The highest BCUT2D eigenvalue weighted by Gasteiger charge is 2.32. The van der Waals surface area contributed by atoms with Gasteiger partial charge in [-0.1, -0.05) is 0 Å². The average Bonchev–Trinajstić information content (AvgIpc) is 3.27. The van der Waals surface area contributed by atoms with Gasteiger partial charge >= 0.3 is 6.09 Å². The topological polar surface area (TPSA) is 81.8 Å². The summed E-state index contributed by atoms with van der Waals surface area (Å²) in [6.45, 7) is 3.57. The number of aliphatic hydroxyl groups is 1. The molecule has 2 aliphatic heterocycles. The Hall–Kier alpha value is -3.07. The van der Waals surface area contributed by atoms with Crippen molar-refractivity contribution in [1.82, 2.24) is 5.01 Å². The lowest BCUT2D eigenvalue weighted by atomic mass is 10.2. The minimum Gasteiger partial charge on any atom is -0.464 e. The van der Waals surface area contributed by atoms with E-state index in [-0.39, 0.29) is 13.2 Å². The number of halogens is 1. The van der Waals surface area contributed by atoms with Gasteiger partial charge in [0.15, 0.2) is 0 Å². The molecular weight excluding hydrogens is 367 g/mol. The standard InChI is InChI=1S/C19H21FN4O4/c1-13-2-4-15(27-13)9-23-7-6-22(12-21-23)18-5-3-14(8-17(18)20)24-10-16(11-25)28-19(24)26/h2-5,8,12,16,25H,6-7,9-11H2,1H3/t16-/m1/s1. The molecule has 1 aromatic carbocycles. The van der Waals surface area contributed by atoms with E-state index >= 15 is 0 Å². The molecule has 0 aliphatic carbocycles. The van der Waals surface area contributed by atoms with Crippen LogP contribution in [-0.4, -0.2) is 54.9 Å². The number of anilines is 2. The molecule has 0 saturated carbocycles. The number of nitrogens with zero attached hydrogens (tertiary/aromatic N) is 4. The number of carbonyl (C=O) groups is 1. The van der Waals surface area contributed by atoms with Crippen LogP contribution in [0.2, 0.25) is 0 Å². The van der Waals surface area contributed by atoms with E-state index in [1.807, 2.05) is 24.1 Å². The van der Waals surface area contributed by atoms with E-state index in [0.29, 0.717) is 31.0 Å². The lowest BCUT2D eigenvalue weighted by Crippen LogP contribution is -2.38. The first-order valence-electron chi connectivity index (χ1n) is 9.03. The van der Waals surface area contributed by atoms with Crippen LogP contribution in [0.15, 0.2) is 39.9 Å². The van der Waals surface area contributed by atoms with Gasteiger partial charge in [-0.15, -0.1) is 0 Å². The van der Waals surface area contributed by atoms with Crippen LogP contribution in [0.5, 0.6) is 0 Å². The Morgan fingerprint density at radius 2 is 2.14 bits per heavy atom. The first-order valence-corrected chi connectivity index (χ1v) is 9.03. The van der Waals surface area contributed by atoms with Crippen molar-refractivity contribution in [3.05, 3.63) is 47.7 Å². The van der Waals surface area contributed by atoms with E-state index < -0.39 is 18.0 Å². The van der Waals surface area contributed by atoms with Crippen LogP contribution >= 0.6 is 0 Å². The number of rotatable bonds is 5. The SMILES string of the molecule is Cc1ccc(CN2CCN(c3ccc(N4C[C@H](CO)OC4=O)cc3F)C=N2)o1. The molecule has 9 heteroatoms. The molecule has 0 spiro atoms. The van der Waals surface area contributed by atoms with Crippen LogP contribution in [-0.2, 0) is 11.3 Å². The first kappa shape index (κ1) is 18.3. The number of aryl methyl sites for hydroxylation is 1. The number of carbonyl (C=O) groups excluding carboxylic acids is 1. The molecule has 1 aromatic heterocycles. The minimum atomic E-state index is -0.589. The van der Waals surface area contributed by atoms with Gasteiger partial charge in [-0.2, -0.15) is 5.10 Å². The number of hydrogen-bond donors (Lipinski definition) is 1. The fraction of sp³-hybridized carbons (Fsp3) is 0.368. The van der Waals surface area contributed by atoms with Crippen molar-refractivity contribution in [2.45, 2.75) is 19.6 Å². The van der Waals surface area contributed by atoms with Gasteiger partial charge in [0.05, 0.1) is 37.6 Å². The zero-order valence-corrected chi connectivity index (χ0v) is 15.4. The molecule has 8 nitrogen and oxygen atoms in total. The summed E-state index contributed by atoms with van der Waals surface area (Å²) in [4.78, 5) is 14.9. The molecule has 0 radical (unpaired) electrons. The zero-order valence-electron chi connectivity index (χ0n) is 15.4. The second kappa shape index (κ2) is 7.51. The second-order valence-electron chi connectivity index (χ2n) is 6.76. The molecule has 28 heavy (non-hydrogen) atoms. The summed E-state index contributed by atoms with van der Waals surface area (Å²) in [5, 5.41) is 15.3. The number of ether oxygens (including phenoxy) is 1. The van der Waals surface area contributed by atoms with Crippen LogP contribution in [0.4, 0.5) is 20.6 Å². The molecule has 1 N–H and O–H groups in total. The number of furan rings is 1. The lowest BCUT2D eigenvalue weighted by molar-refractivity contribution is 0.0963. The van der Waals surface area contributed by atoms with E-state index in [9.17, 15) is 9.18 Å². The summed E-state index contributed by atoms with van der Waals surface area (Å²) in [5.74, 6) is 1.23. The Bertz CT molecular complexity index is 900. The van der Waals surface area contributed by atoms with Crippen LogP contribution < -0.4 is 9.80 Å². The van der Waals surface area contributed by atoms with Gasteiger partial charge in [0.1, 0.15) is 29.8 Å². The first-order chi connectivity index (χ1) is 13.5. The molecule has 0 bridgehead atoms. The highest BCUT2D eigenvalue weighted by molar-refractivity contribution is 5.90. The van der Waals surface area contributed by atoms with E-state index in [0.717, 1.165) is 11.5 Å². The normalized spacial score (nSPS) is 19.5. The average molecular weight is 388 g/mol. The van der Waals surface area contributed by atoms with Gasteiger partial charge in [-0.3, -0.25) is 9.91 Å². The van der Waals surface area contributed by atoms with Crippen molar-refractivity contribution in [2.75, 3.05) is 36.0 Å². The molecular formula is C19H21FN4O4. The van der Waals surface area contributed by atoms with E-state index in [1.165, 1.54) is 11.0 Å². The second-order valence-corrected chi connectivity index (χ2v) is 6.76. The third kappa shape index (κ3) is 3.65. The van der Waals surface area contributed by atoms with Gasteiger partial charge in [0, 0.05) is 6.54 Å². The molecule has 3 heterocycles.